The molecule has 0 aliphatic rings. The Hall–Kier alpha value is -5.08. The summed E-state index contributed by atoms with van der Waals surface area (Å²) in [6.45, 7) is 0. The van der Waals surface area contributed by atoms with Gasteiger partial charge < -0.3 is 0 Å². The van der Waals surface area contributed by atoms with Crippen LogP contribution in [0.4, 0.5) is 11.4 Å². The first-order valence-corrected chi connectivity index (χ1v) is 9.26. The van der Waals surface area contributed by atoms with Gasteiger partial charge in [0.25, 0.3) is 11.4 Å². The maximum atomic E-state index is 11.2. The Bertz CT molecular complexity index is 1240. The summed E-state index contributed by atoms with van der Waals surface area (Å²) in [6.07, 6.45) is 3.06. The first-order chi connectivity index (χ1) is 15.4. The minimum atomic E-state index is -0.541. The zero-order valence-electron chi connectivity index (χ0n) is 16.5. The maximum Gasteiger partial charge on any atom is 0.277 e. The van der Waals surface area contributed by atoms with Crippen molar-refractivity contribution in [3.8, 4) is 12.1 Å². The topological polar surface area (TPSA) is 134 Å². The highest BCUT2D eigenvalue weighted by Crippen LogP contribution is 2.29. The summed E-state index contributed by atoms with van der Waals surface area (Å²) in [7, 11) is 0. The van der Waals surface area contributed by atoms with E-state index in [0.717, 1.165) is 0 Å². The lowest BCUT2D eigenvalue weighted by Gasteiger charge is -2.03. The summed E-state index contributed by atoms with van der Waals surface area (Å²) in [5, 5.41) is 41.5. The molecule has 3 aromatic rings. The van der Waals surface area contributed by atoms with E-state index in [0.29, 0.717) is 11.1 Å². The fraction of sp³-hybridized carbons (Fsp3) is 0. The van der Waals surface area contributed by atoms with Gasteiger partial charge in [0.1, 0.15) is 12.1 Å². The molecule has 32 heavy (non-hydrogen) atoms. The van der Waals surface area contributed by atoms with Gasteiger partial charge in [0, 0.05) is 12.1 Å². The van der Waals surface area contributed by atoms with Crippen LogP contribution in [0.1, 0.15) is 22.3 Å². The zero-order chi connectivity index (χ0) is 23.1. The van der Waals surface area contributed by atoms with E-state index >= 15 is 0 Å². The number of nitriles is 2. The molecule has 0 fully saturated rings. The Balaban J connectivity index is 1.96. The lowest BCUT2D eigenvalue weighted by atomic mass is 10.00. The third-order valence-corrected chi connectivity index (χ3v) is 4.58. The van der Waals surface area contributed by atoms with Crippen LogP contribution in [0.25, 0.3) is 23.3 Å². The summed E-state index contributed by atoms with van der Waals surface area (Å²) in [5.41, 5.74) is 1.63. The van der Waals surface area contributed by atoms with Gasteiger partial charge in [0.2, 0.25) is 0 Å². The average molecular weight is 422 g/mol. The molecule has 154 valence electrons. The lowest BCUT2D eigenvalue weighted by Crippen LogP contribution is -1.94. The molecule has 0 N–H and O–H groups in total. The van der Waals surface area contributed by atoms with Gasteiger partial charge in [-0.25, -0.2) is 0 Å². The van der Waals surface area contributed by atoms with Gasteiger partial charge in [-0.3, -0.25) is 20.2 Å². The molecule has 0 aromatic heterocycles. The number of rotatable bonds is 6. The molecule has 8 nitrogen and oxygen atoms in total. The van der Waals surface area contributed by atoms with E-state index < -0.39 is 9.85 Å². The molecule has 0 atom stereocenters. The van der Waals surface area contributed by atoms with Crippen molar-refractivity contribution in [1.82, 2.24) is 0 Å². The van der Waals surface area contributed by atoms with Crippen molar-refractivity contribution in [2.45, 2.75) is 0 Å². The number of nitro groups is 2. The molecule has 0 saturated heterocycles. The first kappa shape index (κ1) is 21.6. The Morgan fingerprint density at radius 1 is 0.656 bits per heavy atom. The van der Waals surface area contributed by atoms with Gasteiger partial charge in [-0.2, -0.15) is 10.5 Å². The van der Waals surface area contributed by atoms with Gasteiger partial charge in [-0.1, -0.05) is 48.5 Å². The van der Waals surface area contributed by atoms with Crippen LogP contribution in [0.3, 0.4) is 0 Å². The quantitative estimate of drug-likeness (QED) is 0.219. The Kier molecular flexibility index (Phi) is 6.50. The monoisotopic (exact) mass is 422 g/mol. The molecule has 0 heterocycles. The van der Waals surface area contributed by atoms with E-state index in [1.54, 1.807) is 36.4 Å². The molecule has 0 bridgehead atoms. The van der Waals surface area contributed by atoms with Crippen LogP contribution in [-0.2, 0) is 0 Å². The van der Waals surface area contributed by atoms with Gasteiger partial charge >= 0.3 is 0 Å². The highest BCUT2D eigenvalue weighted by atomic mass is 16.6. The van der Waals surface area contributed by atoms with Crippen LogP contribution in [-0.4, -0.2) is 9.85 Å². The van der Waals surface area contributed by atoms with Crippen LogP contribution in [0.15, 0.2) is 72.8 Å². The minimum absolute atomic E-state index is 0.137. The minimum Gasteiger partial charge on any atom is -0.258 e. The number of hydrogen-bond donors (Lipinski definition) is 0. The molecular formula is C24H14N4O4. The fourth-order valence-corrected chi connectivity index (χ4v) is 3.08. The number of benzene rings is 3. The smallest absolute Gasteiger partial charge is 0.258 e. The molecule has 8 heteroatoms. The van der Waals surface area contributed by atoms with Crippen LogP contribution >= 0.6 is 0 Å². The Morgan fingerprint density at radius 2 is 1.00 bits per heavy atom. The molecule has 0 spiro atoms. The molecule has 0 unspecified atom stereocenters. The second-order valence-electron chi connectivity index (χ2n) is 6.55. The number of nitro benzene ring substituents is 2. The lowest BCUT2D eigenvalue weighted by molar-refractivity contribution is -0.385. The molecule has 0 amide bonds. The van der Waals surface area contributed by atoms with Gasteiger partial charge in [0.05, 0.1) is 32.1 Å². The third-order valence-electron chi connectivity index (χ3n) is 4.58. The van der Waals surface area contributed by atoms with Crippen molar-refractivity contribution >= 4 is 34.7 Å². The summed E-state index contributed by atoms with van der Waals surface area (Å²) >= 11 is 0. The molecule has 0 radical (unpaired) electrons. The van der Waals surface area contributed by atoms with Crippen molar-refractivity contribution in [1.29, 1.82) is 10.5 Å². The second kappa shape index (κ2) is 9.61. The first-order valence-electron chi connectivity index (χ1n) is 9.26. The number of nitrogens with zero attached hydrogens (tertiary/aromatic N) is 4. The molecule has 0 aliphatic carbocycles. The van der Waals surface area contributed by atoms with Crippen molar-refractivity contribution in [3.63, 3.8) is 0 Å². The standard InChI is InChI=1S/C24H14N4O4/c25-15-19(21-5-1-3-7-23(21)27(29)30)13-17-9-11-18(12-10-17)14-20(16-26)22-6-2-4-8-24(22)28(31)32/h1-14H/b19-13+,20-14+. The SMILES string of the molecule is N#C/C(=C\c1ccc(/C=C(\C#N)c2ccccc2[N+](=O)[O-])cc1)c1ccccc1[N+](=O)[O-]. The van der Waals surface area contributed by atoms with Gasteiger partial charge in [0.15, 0.2) is 0 Å². The van der Waals surface area contributed by atoms with Gasteiger partial charge in [-0.05, 0) is 35.4 Å². The predicted molar refractivity (Wildman–Crippen MR) is 120 cm³/mol. The molecular weight excluding hydrogens is 408 g/mol. The summed E-state index contributed by atoms with van der Waals surface area (Å²) < 4.78 is 0. The highest BCUT2D eigenvalue weighted by Gasteiger charge is 2.17. The van der Waals surface area contributed by atoms with Crippen LogP contribution in [0, 0.1) is 42.9 Å². The van der Waals surface area contributed by atoms with Crippen molar-refractivity contribution in [2.75, 3.05) is 0 Å². The van der Waals surface area contributed by atoms with Crippen molar-refractivity contribution in [3.05, 3.63) is 115 Å². The number of allylic oxidation sites excluding steroid dienone is 2. The van der Waals surface area contributed by atoms with E-state index in [4.69, 9.17) is 0 Å². The molecule has 0 aliphatic heterocycles. The van der Waals surface area contributed by atoms with Crippen LogP contribution in [0.5, 0.6) is 0 Å². The normalized spacial score (nSPS) is 11.3. The molecule has 3 rings (SSSR count). The molecule has 3 aromatic carbocycles. The third kappa shape index (κ3) is 4.73. The van der Waals surface area contributed by atoms with Crippen LogP contribution in [0.2, 0.25) is 0 Å². The van der Waals surface area contributed by atoms with E-state index in [-0.39, 0.29) is 33.6 Å². The fourth-order valence-electron chi connectivity index (χ4n) is 3.08. The number of para-hydroxylation sites is 2. The Labute approximate surface area is 182 Å². The second-order valence-corrected chi connectivity index (χ2v) is 6.55. The van der Waals surface area contributed by atoms with E-state index in [2.05, 4.69) is 0 Å². The van der Waals surface area contributed by atoms with Gasteiger partial charge in [-0.15, -0.1) is 0 Å². The van der Waals surface area contributed by atoms with Crippen molar-refractivity contribution < 1.29 is 9.85 Å². The predicted octanol–water partition coefficient (Wildman–Crippen LogP) is 5.63. The van der Waals surface area contributed by atoms with E-state index in [1.165, 1.54) is 48.6 Å². The number of hydrogen-bond acceptors (Lipinski definition) is 6. The largest absolute Gasteiger partial charge is 0.277 e. The average Bonchev–Trinajstić information content (AvgIpc) is 2.81. The van der Waals surface area contributed by atoms with Crippen LogP contribution < -0.4 is 0 Å². The Morgan fingerprint density at radius 3 is 1.31 bits per heavy atom. The van der Waals surface area contributed by atoms with Crippen molar-refractivity contribution in [2.24, 2.45) is 0 Å². The van der Waals surface area contributed by atoms with E-state index in [1.807, 2.05) is 12.1 Å². The summed E-state index contributed by atoms with van der Waals surface area (Å²) in [6, 6.07) is 22.7. The van der Waals surface area contributed by atoms with E-state index in [9.17, 15) is 30.8 Å². The summed E-state index contributed by atoms with van der Waals surface area (Å²) in [4.78, 5) is 21.4. The maximum absolute atomic E-state index is 11.2. The zero-order valence-corrected chi connectivity index (χ0v) is 16.5. The highest BCUT2D eigenvalue weighted by molar-refractivity contribution is 5.94. The molecule has 0 saturated carbocycles. The summed E-state index contributed by atoms with van der Waals surface area (Å²) in [5.74, 6) is 0.